The van der Waals surface area contributed by atoms with E-state index in [0.29, 0.717) is 23.1 Å². The summed E-state index contributed by atoms with van der Waals surface area (Å²) < 4.78 is 1.85. The number of hydrogen-bond acceptors (Lipinski definition) is 4. The van der Waals surface area contributed by atoms with E-state index in [2.05, 4.69) is 15.6 Å². The minimum absolute atomic E-state index is 0.310. The highest BCUT2D eigenvalue weighted by atomic mass is 35.5. The molecule has 0 radical (unpaired) electrons. The van der Waals surface area contributed by atoms with Crippen LogP contribution in [-0.4, -0.2) is 33.1 Å². The highest BCUT2D eigenvalue weighted by Gasteiger charge is 2.04. The van der Waals surface area contributed by atoms with Gasteiger partial charge in [-0.05, 0) is 41.5 Å². The smallest absolute Gasteiger partial charge is 0.250 e. The third kappa shape index (κ3) is 6.31. The zero-order chi connectivity index (χ0) is 20.6. The molecule has 0 bridgehead atoms. The van der Waals surface area contributed by atoms with E-state index >= 15 is 0 Å². The number of benzene rings is 2. The number of aromatic nitrogens is 2. The number of nitrogens with one attached hydrogen (secondary N) is 2. The summed E-state index contributed by atoms with van der Waals surface area (Å²) in [6, 6.07) is 14.4. The minimum Gasteiger partial charge on any atom is -0.387 e. The second-order valence-electron chi connectivity index (χ2n) is 6.21. The third-order valence-electron chi connectivity index (χ3n) is 3.90. The molecule has 2 aromatic carbocycles. The molecule has 0 aliphatic carbocycles. The van der Waals surface area contributed by atoms with Crippen molar-refractivity contribution in [2.45, 2.75) is 6.54 Å². The predicted molar refractivity (Wildman–Crippen MR) is 113 cm³/mol. The third-order valence-corrected chi connectivity index (χ3v) is 4.14. The number of nitrogens with zero attached hydrogens (tertiary/aromatic N) is 2. The van der Waals surface area contributed by atoms with Crippen LogP contribution in [0.1, 0.15) is 11.1 Å². The fraction of sp³-hybridized carbons (Fsp3) is 0.0952. The molecule has 3 N–H and O–H groups in total. The molecule has 148 valence electrons. The first kappa shape index (κ1) is 20.3. The maximum absolute atomic E-state index is 12.1. The summed E-state index contributed by atoms with van der Waals surface area (Å²) in [6.07, 6.45) is 6.43. The first-order valence-electron chi connectivity index (χ1n) is 8.78. The number of amides is 2. The lowest BCUT2D eigenvalue weighted by atomic mass is 10.2. The van der Waals surface area contributed by atoms with E-state index in [0.717, 1.165) is 11.1 Å². The summed E-state index contributed by atoms with van der Waals surface area (Å²) in [5, 5.41) is 14.6. The van der Waals surface area contributed by atoms with Crippen molar-refractivity contribution in [1.82, 2.24) is 9.55 Å². The SMILES string of the molecule is O=C(/C=C/c1ccc(NC(=O)CO)cc1)Nc1cn(Cc2cccc(Cl)c2)cn1. The van der Waals surface area contributed by atoms with Gasteiger partial charge in [0.2, 0.25) is 11.8 Å². The van der Waals surface area contributed by atoms with Crippen molar-refractivity contribution in [3.63, 3.8) is 0 Å². The van der Waals surface area contributed by atoms with Crippen LogP contribution in [0.25, 0.3) is 6.08 Å². The Hall–Kier alpha value is -3.42. The van der Waals surface area contributed by atoms with Crippen molar-refractivity contribution in [3.8, 4) is 0 Å². The number of imidazole rings is 1. The van der Waals surface area contributed by atoms with Gasteiger partial charge in [-0.3, -0.25) is 9.59 Å². The van der Waals surface area contributed by atoms with Gasteiger partial charge in [-0.25, -0.2) is 4.98 Å². The number of aliphatic hydroxyl groups excluding tert-OH is 1. The van der Waals surface area contributed by atoms with Gasteiger partial charge < -0.3 is 20.3 Å². The zero-order valence-electron chi connectivity index (χ0n) is 15.4. The van der Waals surface area contributed by atoms with Gasteiger partial charge in [0.05, 0.1) is 6.33 Å². The Balaban J connectivity index is 1.54. The quantitative estimate of drug-likeness (QED) is 0.521. The van der Waals surface area contributed by atoms with Gasteiger partial charge in [-0.1, -0.05) is 35.9 Å². The topological polar surface area (TPSA) is 96.3 Å². The molecule has 7 nitrogen and oxygen atoms in total. The van der Waals surface area contributed by atoms with Gasteiger partial charge in [0.25, 0.3) is 0 Å². The number of carbonyl (C=O) groups excluding carboxylic acids is 2. The lowest BCUT2D eigenvalue weighted by Crippen LogP contribution is -2.15. The Morgan fingerprint density at radius 2 is 1.93 bits per heavy atom. The number of carbonyl (C=O) groups is 2. The Kier molecular flexibility index (Phi) is 6.78. The molecule has 29 heavy (non-hydrogen) atoms. The van der Waals surface area contributed by atoms with Crippen LogP contribution in [0.3, 0.4) is 0 Å². The van der Waals surface area contributed by atoms with Gasteiger partial charge in [-0.15, -0.1) is 0 Å². The second kappa shape index (κ2) is 9.68. The fourth-order valence-corrected chi connectivity index (χ4v) is 2.79. The molecule has 3 rings (SSSR count). The number of hydrogen-bond donors (Lipinski definition) is 3. The molecular weight excluding hydrogens is 392 g/mol. The zero-order valence-corrected chi connectivity index (χ0v) is 16.1. The molecular formula is C21H19ClN4O3. The first-order valence-corrected chi connectivity index (χ1v) is 9.16. The van der Waals surface area contributed by atoms with E-state index in [1.165, 1.54) is 6.08 Å². The van der Waals surface area contributed by atoms with Gasteiger partial charge in [0.1, 0.15) is 6.61 Å². The van der Waals surface area contributed by atoms with E-state index in [-0.39, 0.29) is 5.91 Å². The van der Waals surface area contributed by atoms with Gasteiger partial charge in [0.15, 0.2) is 5.82 Å². The van der Waals surface area contributed by atoms with Crippen molar-refractivity contribution >= 4 is 41.0 Å². The Morgan fingerprint density at radius 1 is 1.14 bits per heavy atom. The summed E-state index contributed by atoms with van der Waals surface area (Å²) in [4.78, 5) is 27.4. The van der Waals surface area contributed by atoms with Gasteiger partial charge >= 0.3 is 0 Å². The van der Waals surface area contributed by atoms with Crippen LogP contribution in [0.2, 0.25) is 5.02 Å². The maximum atomic E-state index is 12.1. The molecule has 0 spiro atoms. The van der Waals surface area contributed by atoms with Crippen LogP contribution in [0.5, 0.6) is 0 Å². The average molecular weight is 411 g/mol. The monoisotopic (exact) mass is 410 g/mol. The van der Waals surface area contributed by atoms with Crippen LogP contribution >= 0.6 is 11.6 Å². The lowest BCUT2D eigenvalue weighted by molar-refractivity contribution is -0.118. The molecule has 0 atom stereocenters. The van der Waals surface area contributed by atoms with Crippen molar-refractivity contribution in [2.75, 3.05) is 17.2 Å². The largest absolute Gasteiger partial charge is 0.387 e. The van der Waals surface area contributed by atoms with E-state index in [4.69, 9.17) is 16.7 Å². The van der Waals surface area contributed by atoms with Gasteiger partial charge in [0, 0.05) is 29.5 Å². The van der Waals surface area contributed by atoms with Gasteiger partial charge in [-0.2, -0.15) is 0 Å². The number of rotatable bonds is 7. The maximum Gasteiger partial charge on any atom is 0.250 e. The summed E-state index contributed by atoms with van der Waals surface area (Å²) in [5.41, 5.74) is 2.39. The standard InChI is InChI=1S/C21H19ClN4O3/c22-17-3-1-2-16(10-17)11-26-12-19(23-14-26)25-20(28)9-6-15-4-7-18(8-5-15)24-21(29)13-27/h1-10,12,14,27H,11,13H2,(H,24,29)(H,25,28)/b9-6+. The molecule has 0 fully saturated rings. The van der Waals surface area contributed by atoms with Crippen molar-refractivity contribution < 1.29 is 14.7 Å². The fourth-order valence-electron chi connectivity index (χ4n) is 2.58. The predicted octanol–water partition coefficient (Wildman–Crippen LogP) is 3.17. The molecule has 1 aromatic heterocycles. The Bertz CT molecular complexity index is 1030. The highest BCUT2D eigenvalue weighted by molar-refractivity contribution is 6.30. The summed E-state index contributed by atoms with van der Waals surface area (Å²) in [7, 11) is 0. The number of anilines is 2. The van der Waals surface area contributed by atoms with E-state index < -0.39 is 12.5 Å². The van der Waals surface area contributed by atoms with Crippen LogP contribution in [0.4, 0.5) is 11.5 Å². The van der Waals surface area contributed by atoms with E-state index in [9.17, 15) is 9.59 Å². The van der Waals surface area contributed by atoms with E-state index in [1.54, 1.807) is 42.9 Å². The number of halogens is 1. The Labute approximate surface area is 172 Å². The number of aliphatic hydroxyl groups is 1. The van der Waals surface area contributed by atoms with Crippen molar-refractivity contribution in [1.29, 1.82) is 0 Å². The molecule has 8 heteroatoms. The molecule has 3 aromatic rings. The summed E-state index contributed by atoms with van der Waals surface area (Å²) in [6.45, 7) is 0.0229. The normalized spacial score (nSPS) is 10.8. The lowest BCUT2D eigenvalue weighted by Gasteiger charge is -2.03. The van der Waals surface area contributed by atoms with Crippen molar-refractivity contribution in [3.05, 3.63) is 83.3 Å². The van der Waals surface area contributed by atoms with Crippen molar-refractivity contribution in [2.24, 2.45) is 0 Å². The molecule has 0 unspecified atom stereocenters. The van der Waals surface area contributed by atoms with Crippen LogP contribution in [0.15, 0.2) is 67.1 Å². The molecule has 2 amide bonds. The molecule has 0 aliphatic rings. The minimum atomic E-state index is -0.573. The molecule has 0 aliphatic heterocycles. The molecule has 1 heterocycles. The first-order chi connectivity index (χ1) is 14.0. The van der Waals surface area contributed by atoms with Crippen LogP contribution in [0, 0.1) is 0 Å². The van der Waals surface area contributed by atoms with Crippen LogP contribution in [-0.2, 0) is 16.1 Å². The molecule has 0 saturated heterocycles. The summed E-state index contributed by atoms with van der Waals surface area (Å²) >= 11 is 5.99. The van der Waals surface area contributed by atoms with E-state index in [1.807, 2.05) is 28.8 Å². The Morgan fingerprint density at radius 3 is 2.66 bits per heavy atom. The average Bonchev–Trinajstić information content (AvgIpc) is 3.14. The summed E-state index contributed by atoms with van der Waals surface area (Å²) in [5.74, 6) is -0.345. The van der Waals surface area contributed by atoms with Crippen LogP contribution < -0.4 is 10.6 Å². The highest BCUT2D eigenvalue weighted by Crippen LogP contribution is 2.13. The molecule has 0 saturated carbocycles. The second-order valence-corrected chi connectivity index (χ2v) is 6.65.